The monoisotopic (exact) mass is 229 g/mol. The van der Waals surface area contributed by atoms with Gasteiger partial charge in [-0.25, -0.2) is 4.79 Å². The van der Waals surface area contributed by atoms with E-state index >= 15 is 0 Å². The summed E-state index contributed by atoms with van der Waals surface area (Å²) in [4.78, 5) is 11.5. The van der Waals surface area contributed by atoms with Crippen molar-refractivity contribution in [1.82, 2.24) is 5.16 Å². The van der Waals surface area contributed by atoms with Crippen molar-refractivity contribution in [3.63, 3.8) is 0 Å². The van der Waals surface area contributed by atoms with E-state index in [2.05, 4.69) is 5.16 Å². The molecule has 0 fully saturated rings. The molecule has 0 amide bonds. The highest BCUT2D eigenvalue weighted by molar-refractivity contribution is 7.13. The number of hydrogen-bond acceptors (Lipinski definition) is 4. The second-order valence-electron chi connectivity index (χ2n) is 2.46. The molecule has 2 aromatic rings. The van der Waals surface area contributed by atoms with Gasteiger partial charge in [-0.3, -0.25) is 0 Å². The van der Waals surface area contributed by atoms with E-state index < -0.39 is 5.97 Å². The van der Waals surface area contributed by atoms with E-state index in [1.807, 2.05) is 5.38 Å². The first-order chi connectivity index (χ1) is 6.70. The molecule has 1 N–H and O–H groups in total. The number of nitrogens with zero attached hydrogens (tertiary/aromatic N) is 1. The molecule has 2 heterocycles. The van der Waals surface area contributed by atoms with Crippen LogP contribution in [0, 0.1) is 0 Å². The highest BCUT2D eigenvalue weighted by atomic mass is 35.5. The van der Waals surface area contributed by atoms with E-state index in [-0.39, 0.29) is 16.5 Å². The summed E-state index contributed by atoms with van der Waals surface area (Å²) in [5.74, 6) is -0.933. The van der Waals surface area contributed by atoms with Crippen LogP contribution in [0.2, 0.25) is 5.15 Å². The zero-order valence-corrected chi connectivity index (χ0v) is 8.30. The Morgan fingerprint density at radius 2 is 2.43 bits per heavy atom. The van der Waals surface area contributed by atoms with Crippen LogP contribution in [0.1, 0.15) is 10.4 Å². The van der Waals surface area contributed by atoms with Gasteiger partial charge in [0.05, 0.1) is 4.88 Å². The summed E-state index contributed by atoms with van der Waals surface area (Å²) in [6.45, 7) is 0. The van der Waals surface area contributed by atoms with Crippen molar-refractivity contribution in [3.8, 4) is 10.6 Å². The van der Waals surface area contributed by atoms with Crippen LogP contribution in [0.3, 0.4) is 0 Å². The Morgan fingerprint density at radius 1 is 1.64 bits per heavy atom. The maximum Gasteiger partial charge on any atom is 0.342 e. The molecule has 4 nitrogen and oxygen atoms in total. The lowest BCUT2D eigenvalue weighted by Gasteiger charge is -1.91. The number of rotatable bonds is 2. The molecule has 0 aromatic carbocycles. The lowest BCUT2D eigenvalue weighted by molar-refractivity contribution is 0.0697. The quantitative estimate of drug-likeness (QED) is 0.860. The van der Waals surface area contributed by atoms with Gasteiger partial charge < -0.3 is 9.63 Å². The van der Waals surface area contributed by atoms with Gasteiger partial charge in [0, 0.05) is 0 Å². The third-order valence-corrected chi connectivity index (χ3v) is 2.74. The third-order valence-electron chi connectivity index (χ3n) is 1.61. The first kappa shape index (κ1) is 9.23. The first-order valence-electron chi connectivity index (χ1n) is 3.62. The molecule has 0 unspecified atom stereocenters. The van der Waals surface area contributed by atoms with E-state index in [9.17, 15) is 4.79 Å². The van der Waals surface area contributed by atoms with Crippen LogP contribution >= 0.6 is 22.9 Å². The van der Waals surface area contributed by atoms with Crippen LogP contribution in [0.5, 0.6) is 0 Å². The Hall–Kier alpha value is -1.33. The molecule has 0 aliphatic heterocycles. The van der Waals surface area contributed by atoms with Crippen molar-refractivity contribution in [1.29, 1.82) is 0 Å². The van der Waals surface area contributed by atoms with Crippen molar-refractivity contribution >= 4 is 28.9 Å². The van der Waals surface area contributed by atoms with E-state index in [0.29, 0.717) is 4.88 Å². The van der Waals surface area contributed by atoms with Gasteiger partial charge >= 0.3 is 5.97 Å². The number of aromatic nitrogens is 1. The van der Waals surface area contributed by atoms with Gasteiger partial charge in [0.25, 0.3) is 0 Å². The summed E-state index contributed by atoms with van der Waals surface area (Å²) in [6.07, 6.45) is 0. The number of aromatic carboxylic acids is 1. The molecular weight excluding hydrogens is 226 g/mol. The van der Waals surface area contributed by atoms with Crippen LogP contribution < -0.4 is 0 Å². The molecular formula is C8H4ClNO3S. The normalized spacial score (nSPS) is 10.4. The second kappa shape index (κ2) is 3.43. The minimum atomic E-state index is -1.14. The van der Waals surface area contributed by atoms with Gasteiger partial charge in [0.2, 0.25) is 0 Å². The Balaban J connectivity index is 2.60. The predicted octanol–water partition coefficient (Wildman–Crippen LogP) is 2.75. The lowest BCUT2D eigenvalue weighted by Crippen LogP contribution is -1.96. The van der Waals surface area contributed by atoms with Crippen molar-refractivity contribution < 1.29 is 14.4 Å². The fraction of sp³-hybridized carbons (Fsp3) is 0. The van der Waals surface area contributed by atoms with E-state index in [0.717, 1.165) is 0 Å². The Labute approximate surface area is 87.7 Å². The fourth-order valence-electron chi connectivity index (χ4n) is 1.03. The molecule has 0 atom stereocenters. The fourth-order valence-corrected chi connectivity index (χ4v) is 1.94. The summed E-state index contributed by atoms with van der Waals surface area (Å²) in [7, 11) is 0. The number of carboxylic acid groups (broad SMARTS) is 1. The zero-order chi connectivity index (χ0) is 10.1. The topological polar surface area (TPSA) is 63.3 Å². The standard InChI is InChI=1S/C8H4ClNO3S/c9-7-5(8(11)12)6(13-10-7)4-2-1-3-14-4/h1-3H,(H,11,12). The second-order valence-corrected chi connectivity index (χ2v) is 3.77. The van der Waals surface area contributed by atoms with Crippen molar-refractivity contribution in [2.24, 2.45) is 0 Å². The number of carbonyl (C=O) groups is 1. The highest BCUT2D eigenvalue weighted by Gasteiger charge is 2.22. The molecule has 0 spiro atoms. The molecule has 2 aromatic heterocycles. The van der Waals surface area contributed by atoms with Gasteiger partial charge in [0.1, 0.15) is 5.56 Å². The van der Waals surface area contributed by atoms with Crippen LogP contribution in [-0.4, -0.2) is 16.2 Å². The number of carboxylic acids is 1. The Kier molecular flexibility index (Phi) is 2.26. The molecule has 72 valence electrons. The number of thiophene rings is 1. The maximum atomic E-state index is 10.8. The average molecular weight is 230 g/mol. The minimum absolute atomic E-state index is 0.0888. The molecule has 0 aliphatic carbocycles. The highest BCUT2D eigenvalue weighted by Crippen LogP contribution is 2.31. The molecule has 6 heteroatoms. The summed E-state index contributed by atoms with van der Waals surface area (Å²) in [6, 6.07) is 3.54. The van der Waals surface area contributed by atoms with Gasteiger partial charge in [-0.05, 0) is 11.4 Å². The molecule has 0 saturated heterocycles. The smallest absolute Gasteiger partial charge is 0.342 e. The van der Waals surface area contributed by atoms with Gasteiger partial charge in [0.15, 0.2) is 10.9 Å². The Morgan fingerprint density at radius 3 is 3.00 bits per heavy atom. The molecule has 14 heavy (non-hydrogen) atoms. The molecule has 0 aliphatic rings. The molecule has 2 rings (SSSR count). The van der Waals surface area contributed by atoms with Crippen LogP contribution in [0.4, 0.5) is 0 Å². The molecule has 0 bridgehead atoms. The van der Waals surface area contributed by atoms with Crippen LogP contribution in [0.15, 0.2) is 22.0 Å². The average Bonchev–Trinajstić information content (AvgIpc) is 2.70. The minimum Gasteiger partial charge on any atom is -0.477 e. The molecule has 0 radical (unpaired) electrons. The van der Waals surface area contributed by atoms with Gasteiger partial charge in [-0.15, -0.1) is 11.3 Å². The van der Waals surface area contributed by atoms with Gasteiger partial charge in [-0.2, -0.15) is 0 Å². The van der Waals surface area contributed by atoms with Crippen LogP contribution in [-0.2, 0) is 0 Å². The summed E-state index contributed by atoms with van der Waals surface area (Å²) >= 11 is 6.94. The summed E-state index contributed by atoms with van der Waals surface area (Å²) in [5.41, 5.74) is -0.0888. The first-order valence-corrected chi connectivity index (χ1v) is 4.88. The summed E-state index contributed by atoms with van der Waals surface area (Å²) in [5, 5.41) is 14.0. The zero-order valence-electron chi connectivity index (χ0n) is 6.73. The SMILES string of the molecule is O=C(O)c1c(Cl)noc1-c1cccs1. The largest absolute Gasteiger partial charge is 0.477 e. The predicted molar refractivity (Wildman–Crippen MR) is 51.8 cm³/mol. The van der Waals surface area contributed by atoms with Crippen molar-refractivity contribution in [2.75, 3.05) is 0 Å². The van der Waals surface area contributed by atoms with Crippen molar-refractivity contribution in [2.45, 2.75) is 0 Å². The maximum absolute atomic E-state index is 10.8. The third kappa shape index (κ3) is 1.40. The van der Waals surface area contributed by atoms with Crippen LogP contribution in [0.25, 0.3) is 10.6 Å². The van der Waals surface area contributed by atoms with Crippen molar-refractivity contribution in [3.05, 3.63) is 28.2 Å². The number of halogens is 1. The lowest BCUT2D eigenvalue weighted by atomic mass is 10.2. The van der Waals surface area contributed by atoms with E-state index in [1.54, 1.807) is 12.1 Å². The van der Waals surface area contributed by atoms with E-state index in [1.165, 1.54) is 11.3 Å². The Bertz CT molecular complexity index is 463. The van der Waals surface area contributed by atoms with Gasteiger partial charge in [-0.1, -0.05) is 22.8 Å². The van der Waals surface area contributed by atoms with E-state index in [4.69, 9.17) is 21.2 Å². The molecule has 0 saturated carbocycles. The number of hydrogen-bond donors (Lipinski definition) is 1. The summed E-state index contributed by atoms with van der Waals surface area (Å²) < 4.78 is 4.85.